The van der Waals surface area contributed by atoms with Crippen molar-refractivity contribution >= 4 is 55.2 Å². The molecule has 0 aromatic rings. The monoisotopic (exact) mass is 298 g/mol. The molecule has 0 N–H and O–H groups in total. The van der Waals surface area contributed by atoms with Crippen molar-refractivity contribution in [3.63, 3.8) is 0 Å². The molecule has 4 heteroatoms. The summed E-state index contributed by atoms with van der Waals surface area (Å²) < 4.78 is 0. The van der Waals surface area contributed by atoms with Crippen molar-refractivity contribution < 1.29 is 0 Å². The molecule has 0 saturated carbocycles. The van der Waals surface area contributed by atoms with Crippen LogP contribution in [0.4, 0.5) is 0 Å². The Hall–Kier alpha value is 1.47. The molecule has 0 rings (SSSR count). The van der Waals surface area contributed by atoms with E-state index < -0.39 is 0 Å². The Morgan fingerprint density at radius 1 is 0.700 bits per heavy atom. The van der Waals surface area contributed by atoms with Gasteiger partial charge in [0, 0.05) is 55.2 Å². The maximum absolute atomic E-state index is 2.14. The topological polar surface area (TPSA) is 0 Å². The molecule has 6 radical (unpaired) electrons. The van der Waals surface area contributed by atoms with E-state index in [2.05, 4.69) is 20.8 Å². The predicted molar refractivity (Wildman–Crippen MR) is 62.8 cm³/mol. The summed E-state index contributed by atoms with van der Waals surface area (Å²) in [5, 5.41) is 0. The largest absolute Gasteiger partial charge is 0.0685 e. The van der Waals surface area contributed by atoms with E-state index in [9.17, 15) is 0 Å². The first kappa shape index (κ1) is 22.5. The Balaban J connectivity index is -0.0000000257. The van der Waals surface area contributed by atoms with Crippen LogP contribution in [0.15, 0.2) is 0 Å². The smallest absolute Gasteiger partial charge is 0.00761 e. The fourth-order valence-corrected chi connectivity index (χ4v) is 0. The third-order valence-corrected chi connectivity index (χ3v) is 0. The zero-order valence-electron chi connectivity index (χ0n) is 7.69. The summed E-state index contributed by atoms with van der Waals surface area (Å²) in [6.07, 6.45) is 0. The molecule has 10 heavy (non-hydrogen) atoms. The average Bonchev–Trinajstić information content (AvgIpc) is 1.70. The maximum atomic E-state index is 2.14. The zero-order valence-corrected chi connectivity index (χ0v) is 14.5. The minimum atomic E-state index is 0. The molecular weight excluding hydrogens is 278 g/mol. The molecule has 0 aromatic carbocycles. The van der Waals surface area contributed by atoms with Gasteiger partial charge in [0.15, 0.2) is 0 Å². The summed E-state index contributed by atoms with van der Waals surface area (Å²) in [7, 11) is 5.92. The summed E-state index contributed by atoms with van der Waals surface area (Å²) in [4.78, 5) is 0. The van der Waals surface area contributed by atoms with Crippen LogP contribution in [0.25, 0.3) is 0 Å². The quantitative estimate of drug-likeness (QED) is 0.543. The fourth-order valence-electron chi connectivity index (χ4n) is 0. The van der Waals surface area contributed by atoms with Crippen LogP contribution in [0.1, 0.15) is 20.8 Å². The van der Waals surface area contributed by atoms with Crippen molar-refractivity contribution in [2.45, 2.75) is 38.9 Å². The van der Waals surface area contributed by atoms with E-state index >= 15 is 0 Å². The summed E-state index contributed by atoms with van der Waals surface area (Å²) in [5.41, 5.74) is 0. The first-order chi connectivity index (χ1) is 4.24. The van der Waals surface area contributed by atoms with Crippen LogP contribution < -0.4 is 0 Å². The van der Waals surface area contributed by atoms with Gasteiger partial charge >= 0.3 is 0 Å². The van der Waals surface area contributed by atoms with Gasteiger partial charge in [0.1, 0.15) is 0 Å². The van der Waals surface area contributed by atoms with Crippen LogP contribution in [0.2, 0.25) is 18.1 Å². The van der Waals surface area contributed by atoms with Gasteiger partial charge in [0.2, 0.25) is 0 Å². The first-order valence-electron chi connectivity index (χ1n) is 3.62. The van der Waals surface area contributed by atoms with Crippen LogP contribution in [0.5, 0.6) is 0 Å². The summed E-state index contributed by atoms with van der Waals surface area (Å²) >= 11 is 0. The minimum absolute atomic E-state index is 0. The minimum Gasteiger partial charge on any atom is -0.0685 e. The second-order valence-corrected chi connectivity index (χ2v) is 4.50. The first-order valence-corrected chi connectivity index (χ1v) is 6.62. The molecule has 0 unspecified atom stereocenters. The normalized spacial score (nSPS) is 5.40. The molecular formula is C6H21SbSi3. The van der Waals surface area contributed by atoms with Crippen LogP contribution in [0.3, 0.4) is 0 Å². The van der Waals surface area contributed by atoms with E-state index in [1.165, 1.54) is 18.1 Å². The van der Waals surface area contributed by atoms with Crippen LogP contribution >= 0.6 is 0 Å². The molecule has 0 bridgehead atoms. The van der Waals surface area contributed by atoms with Gasteiger partial charge < -0.3 is 0 Å². The van der Waals surface area contributed by atoms with Gasteiger partial charge in [0.05, 0.1) is 0 Å². The van der Waals surface area contributed by atoms with Gasteiger partial charge in [-0.2, -0.15) is 0 Å². The van der Waals surface area contributed by atoms with E-state index in [4.69, 9.17) is 0 Å². The van der Waals surface area contributed by atoms with Crippen molar-refractivity contribution in [2.75, 3.05) is 0 Å². The Bertz CT molecular complexity index is 17.7. The van der Waals surface area contributed by atoms with E-state index in [1.54, 1.807) is 0 Å². The molecule has 0 aliphatic carbocycles. The van der Waals surface area contributed by atoms with E-state index in [0.717, 1.165) is 0 Å². The molecule has 62 valence electrons. The van der Waals surface area contributed by atoms with Gasteiger partial charge in [-0.05, 0) is 0 Å². The van der Waals surface area contributed by atoms with E-state index in [-0.39, 0.29) is 24.4 Å². The molecule has 0 aliphatic rings. The summed E-state index contributed by atoms with van der Waals surface area (Å²) in [5.74, 6) is 0. The van der Waals surface area contributed by atoms with E-state index in [0.29, 0.717) is 0 Å². The number of hydrogen-bond donors (Lipinski definition) is 0. The van der Waals surface area contributed by atoms with Crippen LogP contribution in [-0.2, 0) is 0 Å². The van der Waals surface area contributed by atoms with Gasteiger partial charge in [-0.25, -0.2) is 0 Å². The summed E-state index contributed by atoms with van der Waals surface area (Å²) in [6.45, 7) is 6.41. The van der Waals surface area contributed by atoms with Gasteiger partial charge in [-0.15, -0.1) is 0 Å². The third-order valence-electron chi connectivity index (χ3n) is 0. The van der Waals surface area contributed by atoms with Crippen molar-refractivity contribution in [2.24, 2.45) is 0 Å². The molecule has 0 aliphatic heterocycles. The van der Waals surface area contributed by atoms with Crippen molar-refractivity contribution in [3.05, 3.63) is 0 Å². The van der Waals surface area contributed by atoms with Crippen LogP contribution in [-0.4, -0.2) is 55.2 Å². The Labute approximate surface area is 93.7 Å². The Kier molecular flexibility index (Phi) is 106. The SMILES string of the molecule is CC[SiH2].CC[SiH2].CC[SiH2].[Sb]. The van der Waals surface area contributed by atoms with E-state index in [1.807, 2.05) is 30.7 Å². The Morgan fingerprint density at radius 2 is 0.700 bits per heavy atom. The maximum Gasteiger partial charge on any atom is 0.00761 e. The second kappa shape index (κ2) is 47.0. The Morgan fingerprint density at radius 3 is 0.700 bits per heavy atom. The van der Waals surface area contributed by atoms with Crippen molar-refractivity contribution in [1.29, 1.82) is 0 Å². The standard InChI is InChI=1S/3C2H7Si.Sb/c3*1-2-3;/h3*2-3H2,1H3;. The molecule has 0 saturated heterocycles. The zero-order chi connectivity index (χ0) is 8.12. The van der Waals surface area contributed by atoms with Crippen molar-refractivity contribution in [3.8, 4) is 0 Å². The molecule has 0 spiro atoms. The van der Waals surface area contributed by atoms with Gasteiger partial charge in [0.25, 0.3) is 0 Å². The van der Waals surface area contributed by atoms with Crippen molar-refractivity contribution in [1.82, 2.24) is 0 Å². The van der Waals surface area contributed by atoms with Crippen LogP contribution in [0, 0.1) is 0 Å². The molecule has 0 heterocycles. The molecule has 0 atom stereocenters. The molecule has 0 amide bonds. The average molecular weight is 299 g/mol. The van der Waals surface area contributed by atoms with Gasteiger partial charge in [-0.3, -0.25) is 0 Å². The fraction of sp³-hybridized carbons (Fsp3) is 1.00. The second-order valence-electron chi connectivity index (χ2n) is 1.50. The molecule has 0 nitrogen and oxygen atoms in total. The summed E-state index contributed by atoms with van der Waals surface area (Å²) in [6, 6.07) is 3.83. The number of hydrogen-bond acceptors (Lipinski definition) is 0. The van der Waals surface area contributed by atoms with Gasteiger partial charge in [-0.1, -0.05) is 38.9 Å². The third kappa shape index (κ3) is 315. The molecule has 0 fully saturated rings. The predicted octanol–water partition coefficient (Wildman–Crippen LogP) is -0.208. The number of rotatable bonds is 0. The molecule has 0 aromatic heterocycles.